The third kappa shape index (κ3) is 3.73. The minimum absolute atomic E-state index is 0.00359. The van der Waals surface area contributed by atoms with Crippen LogP contribution in [0.4, 0.5) is 0 Å². The number of nitrogens with zero attached hydrogens (tertiary/aromatic N) is 1. The number of rotatable bonds is 6. The Balaban J connectivity index is 1.71. The number of para-hydroxylation sites is 1. The van der Waals surface area contributed by atoms with E-state index in [1.54, 1.807) is 31.2 Å². The van der Waals surface area contributed by atoms with Gasteiger partial charge in [-0.25, -0.2) is 16.8 Å². The lowest BCUT2D eigenvalue weighted by atomic mass is 10.3. The van der Waals surface area contributed by atoms with Gasteiger partial charge in [0.2, 0.25) is 10.0 Å². The fraction of sp³-hybridized carbons (Fsp3) is 0.294. The fourth-order valence-corrected chi connectivity index (χ4v) is 5.72. The molecule has 1 saturated heterocycles. The minimum Gasteiger partial charge on any atom is -0.456 e. The Morgan fingerprint density at radius 1 is 1.04 bits per heavy atom. The molecule has 140 valence electrons. The van der Waals surface area contributed by atoms with E-state index in [1.807, 2.05) is 0 Å². The molecule has 0 saturated carbocycles. The third-order valence-electron chi connectivity index (χ3n) is 4.25. The molecular formula is C17H18ClNO5S2. The number of sulfonamides is 1. The monoisotopic (exact) mass is 415 g/mol. The van der Waals surface area contributed by atoms with Crippen molar-refractivity contribution >= 4 is 31.5 Å². The Bertz CT molecular complexity index is 998. The predicted molar refractivity (Wildman–Crippen MR) is 100.0 cm³/mol. The van der Waals surface area contributed by atoms with Crippen LogP contribution in [0.15, 0.2) is 53.4 Å². The number of ether oxygens (including phenoxy) is 1. The normalized spacial score (nSPS) is 16.2. The van der Waals surface area contributed by atoms with Crippen molar-refractivity contribution in [2.75, 3.05) is 18.8 Å². The average Bonchev–Trinajstić information content (AvgIpc) is 2.55. The summed E-state index contributed by atoms with van der Waals surface area (Å²) < 4.78 is 55.5. The summed E-state index contributed by atoms with van der Waals surface area (Å²) in [5.74, 6) is 0.937. The summed E-state index contributed by atoms with van der Waals surface area (Å²) in [5.41, 5.74) is 0. The highest BCUT2D eigenvalue weighted by molar-refractivity contribution is 7.92. The van der Waals surface area contributed by atoms with Crippen molar-refractivity contribution in [3.63, 3.8) is 0 Å². The molecule has 9 heteroatoms. The van der Waals surface area contributed by atoms with Gasteiger partial charge in [-0.1, -0.05) is 30.7 Å². The molecule has 0 unspecified atom stereocenters. The lowest BCUT2D eigenvalue weighted by Gasteiger charge is -2.37. The SMILES string of the molecule is CCS(=O)(=O)C1CN(S(=O)(=O)c2ccc(Oc3ccccc3Cl)cc2)C1. The topological polar surface area (TPSA) is 80.8 Å². The van der Waals surface area contributed by atoms with Crippen molar-refractivity contribution in [2.45, 2.75) is 17.1 Å². The highest BCUT2D eigenvalue weighted by Gasteiger charge is 2.42. The molecule has 0 amide bonds. The van der Waals surface area contributed by atoms with Crippen LogP contribution in [0.1, 0.15) is 6.92 Å². The molecule has 1 aliphatic heterocycles. The van der Waals surface area contributed by atoms with Crippen molar-refractivity contribution in [1.82, 2.24) is 4.31 Å². The van der Waals surface area contributed by atoms with E-state index in [-0.39, 0.29) is 23.7 Å². The van der Waals surface area contributed by atoms with E-state index >= 15 is 0 Å². The first kappa shape index (κ1) is 19.2. The van der Waals surface area contributed by atoms with Crippen LogP contribution in [0.3, 0.4) is 0 Å². The smallest absolute Gasteiger partial charge is 0.243 e. The molecule has 26 heavy (non-hydrogen) atoms. The number of hydrogen-bond acceptors (Lipinski definition) is 5. The van der Waals surface area contributed by atoms with E-state index in [1.165, 1.54) is 28.6 Å². The second kappa shape index (κ2) is 7.19. The number of hydrogen-bond donors (Lipinski definition) is 0. The molecule has 0 atom stereocenters. The Kier molecular flexibility index (Phi) is 5.30. The second-order valence-corrected chi connectivity index (χ2v) is 10.8. The van der Waals surface area contributed by atoms with Crippen molar-refractivity contribution in [2.24, 2.45) is 0 Å². The molecule has 2 aromatic carbocycles. The van der Waals surface area contributed by atoms with Crippen LogP contribution in [0.2, 0.25) is 5.02 Å². The summed E-state index contributed by atoms with van der Waals surface area (Å²) in [6, 6.07) is 12.9. The van der Waals surface area contributed by atoms with Gasteiger partial charge in [0.15, 0.2) is 9.84 Å². The van der Waals surface area contributed by atoms with Gasteiger partial charge in [0, 0.05) is 18.8 Å². The summed E-state index contributed by atoms with van der Waals surface area (Å²) in [5, 5.41) is -0.168. The first-order valence-corrected chi connectivity index (χ1v) is 11.5. The zero-order valence-electron chi connectivity index (χ0n) is 14.0. The lowest BCUT2D eigenvalue weighted by Crippen LogP contribution is -2.56. The Labute approximate surface area is 158 Å². The molecule has 2 aromatic rings. The first-order chi connectivity index (χ1) is 12.2. The first-order valence-electron chi connectivity index (χ1n) is 7.98. The van der Waals surface area contributed by atoms with Crippen LogP contribution in [0.5, 0.6) is 11.5 Å². The van der Waals surface area contributed by atoms with Crippen LogP contribution in [0, 0.1) is 0 Å². The van der Waals surface area contributed by atoms with E-state index in [9.17, 15) is 16.8 Å². The van der Waals surface area contributed by atoms with Crippen LogP contribution in [0.25, 0.3) is 0 Å². The fourth-order valence-electron chi connectivity index (χ4n) is 2.54. The van der Waals surface area contributed by atoms with Gasteiger partial charge in [0.25, 0.3) is 0 Å². The van der Waals surface area contributed by atoms with Crippen LogP contribution in [-0.2, 0) is 19.9 Å². The zero-order chi connectivity index (χ0) is 18.9. The van der Waals surface area contributed by atoms with Crippen LogP contribution >= 0.6 is 11.6 Å². The Morgan fingerprint density at radius 2 is 1.65 bits per heavy atom. The molecule has 0 spiro atoms. The van der Waals surface area contributed by atoms with E-state index in [0.29, 0.717) is 16.5 Å². The van der Waals surface area contributed by atoms with Crippen LogP contribution < -0.4 is 4.74 Å². The maximum absolute atomic E-state index is 12.6. The summed E-state index contributed by atoms with van der Waals surface area (Å²) in [7, 11) is -6.94. The van der Waals surface area contributed by atoms with Gasteiger partial charge in [-0.15, -0.1) is 0 Å². The van der Waals surface area contributed by atoms with Crippen molar-refractivity contribution in [1.29, 1.82) is 0 Å². The van der Waals surface area contributed by atoms with Gasteiger partial charge in [0.05, 0.1) is 15.2 Å². The zero-order valence-corrected chi connectivity index (χ0v) is 16.4. The van der Waals surface area contributed by atoms with Gasteiger partial charge in [-0.2, -0.15) is 4.31 Å². The second-order valence-electron chi connectivity index (χ2n) is 5.90. The van der Waals surface area contributed by atoms with Crippen molar-refractivity contribution < 1.29 is 21.6 Å². The standard InChI is InChI=1S/C17H18ClNO5S2/c1-2-25(20,21)15-11-19(12-15)26(22,23)14-9-7-13(8-10-14)24-17-6-4-3-5-16(17)18/h3-10,15H,2,11-12H2,1H3. The summed E-state index contributed by atoms with van der Waals surface area (Å²) in [4.78, 5) is 0.0938. The molecule has 6 nitrogen and oxygen atoms in total. The van der Waals surface area contributed by atoms with Crippen molar-refractivity contribution in [3.05, 3.63) is 53.6 Å². The Hall–Kier alpha value is -1.61. The maximum Gasteiger partial charge on any atom is 0.243 e. The molecule has 0 aliphatic carbocycles. The number of halogens is 1. The summed E-state index contributed by atoms with van der Waals surface area (Å²) in [6.45, 7) is 1.55. The van der Waals surface area contributed by atoms with Crippen LogP contribution in [-0.4, -0.2) is 45.2 Å². The molecule has 1 heterocycles. The van der Waals surface area contributed by atoms with Gasteiger partial charge in [-0.05, 0) is 36.4 Å². The van der Waals surface area contributed by atoms with Gasteiger partial charge < -0.3 is 4.74 Å². The predicted octanol–water partition coefficient (Wildman–Crippen LogP) is 2.94. The van der Waals surface area contributed by atoms with E-state index in [4.69, 9.17) is 16.3 Å². The highest BCUT2D eigenvalue weighted by atomic mass is 35.5. The summed E-state index contributed by atoms with van der Waals surface area (Å²) in [6.07, 6.45) is 0. The van der Waals surface area contributed by atoms with Gasteiger partial charge >= 0.3 is 0 Å². The molecule has 0 aromatic heterocycles. The molecule has 0 N–H and O–H groups in total. The number of benzene rings is 2. The molecule has 0 radical (unpaired) electrons. The van der Waals surface area contributed by atoms with Crippen molar-refractivity contribution in [3.8, 4) is 11.5 Å². The van der Waals surface area contributed by atoms with E-state index in [2.05, 4.69) is 0 Å². The lowest BCUT2D eigenvalue weighted by molar-refractivity contribution is 0.310. The van der Waals surface area contributed by atoms with Gasteiger partial charge in [0.1, 0.15) is 11.5 Å². The third-order valence-corrected chi connectivity index (χ3v) is 8.53. The molecule has 3 rings (SSSR count). The maximum atomic E-state index is 12.6. The molecule has 1 aliphatic rings. The quantitative estimate of drug-likeness (QED) is 0.724. The molecule has 0 bridgehead atoms. The van der Waals surface area contributed by atoms with E-state index in [0.717, 1.165) is 0 Å². The molecule has 1 fully saturated rings. The Morgan fingerprint density at radius 3 is 2.23 bits per heavy atom. The largest absolute Gasteiger partial charge is 0.456 e. The van der Waals surface area contributed by atoms with Gasteiger partial charge in [-0.3, -0.25) is 0 Å². The summed E-state index contributed by atoms with van der Waals surface area (Å²) >= 11 is 6.03. The number of sulfone groups is 1. The van der Waals surface area contributed by atoms with E-state index < -0.39 is 25.1 Å². The minimum atomic E-state index is -3.71. The molecular weight excluding hydrogens is 398 g/mol. The highest BCUT2D eigenvalue weighted by Crippen LogP contribution is 2.31. The average molecular weight is 416 g/mol.